The van der Waals surface area contributed by atoms with E-state index in [2.05, 4.69) is 32.7 Å². The van der Waals surface area contributed by atoms with Gasteiger partial charge in [0, 0.05) is 12.1 Å². The van der Waals surface area contributed by atoms with Crippen LogP contribution in [0.4, 0.5) is 5.82 Å². The number of benzene rings is 2. The van der Waals surface area contributed by atoms with Gasteiger partial charge in [-0.25, -0.2) is 4.68 Å². The number of nitrogen functional groups attached to an aromatic ring is 1. The molecule has 4 aromatic rings. The van der Waals surface area contributed by atoms with Crippen LogP contribution in [0.15, 0.2) is 64.1 Å². The minimum atomic E-state index is -0.161. The maximum absolute atomic E-state index is 12.5. The number of carbonyl (C=O) groups excluding carboxylic acids is 1. The Balaban J connectivity index is 1.42. The first-order valence-corrected chi connectivity index (χ1v) is 12.0. The van der Waals surface area contributed by atoms with E-state index in [-0.39, 0.29) is 18.3 Å². The second kappa shape index (κ2) is 10.9. The van der Waals surface area contributed by atoms with E-state index in [1.807, 2.05) is 48.7 Å². The van der Waals surface area contributed by atoms with Crippen molar-refractivity contribution in [2.24, 2.45) is 0 Å². The maximum Gasteiger partial charge on any atom is 0.264 e. The Morgan fingerprint density at radius 1 is 1.18 bits per heavy atom. The topological polar surface area (TPSA) is 121 Å². The van der Waals surface area contributed by atoms with Crippen molar-refractivity contribution in [3.63, 3.8) is 0 Å². The Kier molecular flexibility index (Phi) is 7.48. The molecule has 0 unspecified atom stereocenters. The fraction of sp³-hybridized carbons (Fsp3) is 0.250. The predicted molar refractivity (Wildman–Crippen MR) is 131 cm³/mol. The Bertz CT molecular complexity index is 1240. The molecule has 0 saturated heterocycles. The molecule has 2 aromatic heterocycles. The van der Waals surface area contributed by atoms with Gasteiger partial charge in [0.2, 0.25) is 11.7 Å². The number of nitrogens with one attached hydrogen (secondary N) is 1. The van der Waals surface area contributed by atoms with E-state index < -0.39 is 0 Å². The van der Waals surface area contributed by atoms with Crippen LogP contribution in [-0.4, -0.2) is 45.7 Å². The summed E-state index contributed by atoms with van der Waals surface area (Å²) in [7, 11) is 1.61. The summed E-state index contributed by atoms with van der Waals surface area (Å²) in [4.78, 5) is 17.0. The van der Waals surface area contributed by atoms with Gasteiger partial charge in [-0.2, -0.15) is 10.1 Å². The number of hydrogen-bond donors (Lipinski definition) is 2. The summed E-state index contributed by atoms with van der Waals surface area (Å²) in [5.74, 6) is 1.55. The van der Waals surface area contributed by atoms with Crippen molar-refractivity contribution < 1.29 is 14.1 Å². The highest BCUT2D eigenvalue weighted by Crippen LogP contribution is 2.35. The number of hydrogen-bond acceptors (Lipinski definition) is 8. The number of aryl methyl sites for hydroxylation is 1. The first-order chi connectivity index (χ1) is 16.6. The molecule has 2 aromatic carbocycles. The van der Waals surface area contributed by atoms with Gasteiger partial charge in [0.25, 0.3) is 5.89 Å². The molecule has 2 heterocycles. The van der Waals surface area contributed by atoms with Gasteiger partial charge < -0.3 is 20.3 Å². The molecule has 0 aliphatic carbocycles. The fourth-order valence-electron chi connectivity index (χ4n) is 3.46. The number of rotatable bonds is 10. The van der Waals surface area contributed by atoms with Crippen LogP contribution in [0.1, 0.15) is 12.0 Å². The summed E-state index contributed by atoms with van der Waals surface area (Å²) in [6, 6.07) is 17.5. The number of thioether (sulfide) groups is 1. The number of nitrogens with two attached hydrogens (primary N) is 1. The Hall–Kier alpha value is -3.79. The molecule has 0 spiro atoms. The van der Waals surface area contributed by atoms with Gasteiger partial charge in [-0.05, 0) is 48.9 Å². The molecule has 4 rings (SSSR count). The zero-order valence-electron chi connectivity index (χ0n) is 19.0. The molecule has 0 atom stereocenters. The van der Waals surface area contributed by atoms with Crippen LogP contribution in [0, 0.1) is 0 Å². The number of ether oxygens (including phenoxy) is 1. The van der Waals surface area contributed by atoms with Gasteiger partial charge in [0.1, 0.15) is 28.7 Å². The number of amides is 1. The molecule has 176 valence electrons. The fourth-order valence-corrected chi connectivity index (χ4v) is 4.03. The zero-order valence-corrected chi connectivity index (χ0v) is 19.8. The van der Waals surface area contributed by atoms with Gasteiger partial charge >= 0.3 is 0 Å². The van der Waals surface area contributed by atoms with Crippen LogP contribution in [-0.2, 0) is 17.8 Å². The van der Waals surface area contributed by atoms with Gasteiger partial charge in [0.15, 0.2) is 0 Å². The molecule has 0 saturated carbocycles. The van der Waals surface area contributed by atoms with Gasteiger partial charge in [0.05, 0.1) is 7.11 Å². The standard InChI is InChI=1S/C24H26N6O3S/c1-32-18-12-10-17(11-13-18)22-27-23(33-29-22)20-21(25)30(28-24(20)34-2)15-19(31)26-14-6-9-16-7-4-3-5-8-16/h3-5,7-8,10-13H,6,9,14-15,25H2,1-2H3,(H,26,31). The molecule has 0 radical (unpaired) electrons. The van der Waals surface area contributed by atoms with Crippen LogP contribution in [0.2, 0.25) is 0 Å². The lowest BCUT2D eigenvalue weighted by Crippen LogP contribution is -2.29. The van der Waals surface area contributed by atoms with E-state index in [0.717, 1.165) is 24.2 Å². The third-order valence-corrected chi connectivity index (χ3v) is 5.91. The first kappa shape index (κ1) is 23.4. The molecule has 10 heteroatoms. The van der Waals surface area contributed by atoms with Crippen molar-refractivity contribution >= 4 is 23.5 Å². The highest BCUT2D eigenvalue weighted by Gasteiger charge is 2.23. The summed E-state index contributed by atoms with van der Waals surface area (Å²) < 4.78 is 12.1. The molecule has 0 bridgehead atoms. The predicted octanol–water partition coefficient (Wildman–Crippen LogP) is 3.66. The van der Waals surface area contributed by atoms with E-state index >= 15 is 0 Å². The summed E-state index contributed by atoms with van der Waals surface area (Å²) in [6.45, 7) is 0.580. The number of nitrogens with zero attached hydrogens (tertiary/aromatic N) is 4. The summed E-state index contributed by atoms with van der Waals surface area (Å²) in [5, 5.41) is 12.1. The number of anilines is 1. The highest BCUT2D eigenvalue weighted by molar-refractivity contribution is 7.98. The Labute approximate surface area is 201 Å². The van der Waals surface area contributed by atoms with E-state index in [9.17, 15) is 4.79 Å². The average molecular weight is 479 g/mol. The molecule has 34 heavy (non-hydrogen) atoms. The van der Waals surface area contributed by atoms with E-state index in [4.69, 9.17) is 15.0 Å². The van der Waals surface area contributed by atoms with Crippen LogP contribution in [0.25, 0.3) is 22.8 Å². The number of aromatic nitrogens is 4. The van der Waals surface area contributed by atoms with Crippen LogP contribution >= 0.6 is 11.8 Å². The lowest BCUT2D eigenvalue weighted by atomic mass is 10.1. The number of carbonyl (C=O) groups is 1. The van der Waals surface area contributed by atoms with Gasteiger partial charge in [-0.3, -0.25) is 4.79 Å². The molecule has 1 amide bonds. The lowest BCUT2D eigenvalue weighted by Gasteiger charge is -2.07. The SMILES string of the molecule is COc1ccc(-c2noc(-c3c(SC)nn(CC(=O)NCCCc4ccccc4)c3N)n2)cc1. The van der Waals surface area contributed by atoms with Crippen molar-refractivity contribution in [1.82, 2.24) is 25.2 Å². The molecule has 0 aliphatic rings. The minimum absolute atomic E-state index is 0.00417. The van der Waals surface area contributed by atoms with E-state index in [1.54, 1.807) is 7.11 Å². The smallest absolute Gasteiger partial charge is 0.264 e. The van der Waals surface area contributed by atoms with Crippen LogP contribution in [0.5, 0.6) is 5.75 Å². The molecule has 0 fully saturated rings. The Morgan fingerprint density at radius 2 is 1.94 bits per heavy atom. The van der Waals surface area contributed by atoms with Crippen molar-refractivity contribution in [3.8, 4) is 28.6 Å². The van der Waals surface area contributed by atoms with Crippen LogP contribution in [0.3, 0.4) is 0 Å². The third kappa shape index (κ3) is 5.40. The van der Waals surface area contributed by atoms with Gasteiger partial charge in [-0.1, -0.05) is 35.5 Å². The average Bonchev–Trinajstić information content (AvgIpc) is 3.47. The second-order valence-corrected chi connectivity index (χ2v) is 8.31. The molecular weight excluding hydrogens is 452 g/mol. The largest absolute Gasteiger partial charge is 0.497 e. The van der Waals surface area contributed by atoms with Crippen LogP contribution < -0.4 is 15.8 Å². The molecule has 0 aliphatic heterocycles. The van der Waals surface area contributed by atoms with E-state index in [0.29, 0.717) is 28.8 Å². The van der Waals surface area contributed by atoms with E-state index in [1.165, 1.54) is 22.0 Å². The zero-order chi connectivity index (χ0) is 23.9. The third-order valence-electron chi connectivity index (χ3n) is 5.24. The summed E-state index contributed by atoms with van der Waals surface area (Å²) in [5.41, 5.74) is 8.89. The van der Waals surface area contributed by atoms with Crippen molar-refractivity contribution in [2.45, 2.75) is 24.4 Å². The normalized spacial score (nSPS) is 10.9. The number of methoxy groups -OCH3 is 1. The highest BCUT2D eigenvalue weighted by atomic mass is 32.2. The Morgan fingerprint density at radius 3 is 2.65 bits per heavy atom. The molecule has 3 N–H and O–H groups in total. The van der Waals surface area contributed by atoms with Crippen molar-refractivity contribution in [3.05, 3.63) is 60.2 Å². The monoisotopic (exact) mass is 478 g/mol. The molecule has 9 nitrogen and oxygen atoms in total. The van der Waals surface area contributed by atoms with Gasteiger partial charge in [-0.15, -0.1) is 11.8 Å². The molecular formula is C24H26N6O3S. The van der Waals surface area contributed by atoms with Crippen molar-refractivity contribution in [1.29, 1.82) is 0 Å². The second-order valence-electron chi connectivity index (χ2n) is 7.52. The summed E-state index contributed by atoms with van der Waals surface area (Å²) >= 11 is 1.39. The quantitative estimate of drug-likeness (QED) is 0.262. The van der Waals surface area contributed by atoms with Crippen molar-refractivity contribution in [2.75, 3.05) is 25.6 Å². The maximum atomic E-state index is 12.5. The summed E-state index contributed by atoms with van der Waals surface area (Å²) in [6.07, 6.45) is 3.63. The lowest BCUT2D eigenvalue weighted by molar-refractivity contribution is -0.121. The first-order valence-electron chi connectivity index (χ1n) is 10.8. The minimum Gasteiger partial charge on any atom is -0.497 e.